The first kappa shape index (κ1) is 12.5. The minimum Gasteiger partial charge on any atom is -0.542 e. The number of benzene rings is 1. The van der Waals surface area contributed by atoms with E-state index in [0.717, 1.165) is 5.56 Å². The number of carbonyl (C=O) groups is 1. The zero-order valence-electron chi connectivity index (χ0n) is 8.83. The van der Waals surface area contributed by atoms with Crippen LogP contribution < -0.4 is 24.0 Å². The maximum absolute atomic E-state index is 10.6. The molecule has 0 aliphatic carbocycles. The van der Waals surface area contributed by atoms with Gasteiger partial charge in [0.15, 0.2) is 5.82 Å². The van der Waals surface area contributed by atoms with E-state index < -0.39 is 5.97 Å². The average molecular weight is 209 g/mol. The zero-order chi connectivity index (χ0) is 10.7. The van der Waals surface area contributed by atoms with Gasteiger partial charge >= 0.3 is 18.9 Å². The Labute approximate surface area is 104 Å². The third kappa shape index (κ3) is 2.72. The molecule has 0 radical (unpaired) electrons. The summed E-state index contributed by atoms with van der Waals surface area (Å²) in [5.41, 5.74) is 0.963. The van der Waals surface area contributed by atoms with Gasteiger partial charge in [-0.05, 0) is 5.56 Å². The molecule has 2 rings (SSSR count). The topological polar surface area (TPSA) is 70.8 Å². The van der Waals surface area contributed by atoms with E-state index in [4.69, 9.17) is 0 Å². The number of aromatic carboxylic acids is 1. The molecule has 0 saturated carbocycles. The molecule has 0 amide bonds. The number of hydrogen-bond acceptors (Lipinski definition) is 4. The van der Waals surface area contributed by atoms with Gasteiger partial charge in [0.05, 0.1) is 6.54 Å². The normalized spacial score (nSPS) is 9.50. The molecule has 0 bridgehead atoms. The van der Waals surface area contributed by atoms with Crippen molar-refractivity contribution in [2.45, 2.75) is 6.54 Å². The van der Waals surface area contributed by atoms with Crippen molar-refractivity contribution in [1.82, 2.24) is 14.8 Å². The number of rotatable bonds is 3. The quantitative estimate of drug-likeness (QED) is 0.496. The SMILES string of the molecule is O=C([O-])c1ncnn1Cc1ccccc1.[Li+]. The van der Waals surface area contributed by atoms with Gasteiger partial charge in [0.2, 0.25) is 0 Å². The van der Waals surface area contributed by atoms with E-state index in [0.29, 0.717) is 6.54 Å². The maximum atomic E-state index is 10.6. The first-order valence-electron chi connectivity index (χ1n) is 4.40. The smallest absolute Gasteiger partial charge is 0.542 e. The molecule has 1 aromatic heterocycles. The van der Waals surface area contributed by atoms with Crippen LogP contribution in [0.4, 0.5) is 0 Å². The Hall–Kier alpha value is -1.57. The van der Waals surface area contributed by atoms with E-state index in [-0.39, 0.29) is 24.7 Å². The predicted molar refractivity (Wildman–Crippen MR) is 49.9 cm³/mol. The van der Waals surface area contributed by atoms with Crippen molar-refractivity contribution in [3.8, 4) is 0 Å². The van der Waals surface area contributed by atoms with Gasteiger partial charge in [-0.1, -0.05) is 30.3 Å². The molecular formula is C10H8LiN3O2. The minimum absolute atomic E-state index is 0. The monoisotopic (exact) mass is 209 g/mol. The van der Waals surface area contributed by atoms with Crippen LogP contribution in [0.2, 0.25) is 0 Å². The Kier molecular flexibility index (Phi) is 4.29. The zero-order valence-corrected chi connectivity index (χ0v) is 8.83. The Bertz CT molecular complexity index is 470. The minimum atomic E-state index is -1.32. The van der Waals surface area contributed by atoms with Crippen molar-refractivity contribution < 1.29 is 28.8 Å². The molecule has 6 heteroatoms. The standard InChI is InChI=1S/C10H9N3O2.Li/c14-10(15)9-11-7-12-13(9)6-8-4-2-1-3-5-8;/h1-5,7H,6H2,(H,14,15);/q;+1/p-1. The van der Waals surface area contributed by atoms with E-state index in [2.05, 4.69) is 10.1 Å². The fourth-order valence-corrected chi connectivity index (χ4v) is 1.29. The van der Waals surface area contributed by atoms with Crippen molar-refractivity contribution in [3.05, 3.63) is 48.0 Å². The van der Waals surface area contributed by atoms with Crippen molar-refractivity contribution in [1.29, 1.82) is 0 Å². The number of carbonyl (C=O) groups excluding carboxylic acids is 1. The Morgan fingerprint density at radius 2 is 2.00 bits per heavy atom. The van der Waals surface area contributed by atoms with Crippen LogP contribution in [-0.2, 0) is 6.54 Å². The summed E-state index contributed by atoms with van der Waals surface area (Å²) in [7, 11) is 0. The third-order valence-corrected chi connectivity index (χ3v) is 1.97. The van der Waals surface area contributed by atoms with Crippen molar-refractivity contribution >= 4 is 5.97 Å². The first-order valence-corrected chi connectivity index (χ1v) is 4.40. The number of carboxylic acids is 1. The second-order valence-corrected chi connectivity index (χ2v) is 3.01. The van der Waals surface area contributed by atoms with Crippen molar-refractivity contribution in [3.63, 3.8) is 0 Å². The second kappa shape index (κ2) is 5.49. The molecule has 0 saturated heterocycles. The van der Waals surface area contributed by atoms with Gasteiger partial charge in [-0.2, -0.15) is 5.10 Å². The molecule has 0 atom stereocenters. The van der Waals surface area contributed by atoms with Crippen LogP contribution in [-0.4, -0.2) is 20.7 Å². The van der Waals surface area contributed by atoms with E-state index in [1.54, 1.807) is 0 Å². The maximum Gasteiger partial charge on any atom is 1.00 e. The molecule has 0 fully saturated rings. The van der Waals surface area contributed by atoms with Gasteiger partial charge in [-0.15, -0.1) is 0 Å². The molecular weight excluding hydrogens is 201 g/mol. The molecule has 1 heterocycles. The van der Waals surface area contributed by atoms with Crippen LogP contribution in [0.25, 0.3) is 0 Å². The average Bonchev–Trinajstić information content (AvgIpc) is 2.67. The van der Waals surface area contributed by atoms with E-state index in [1.807, 2.05) is 30.3 Å². The molecule has 5 nitrogen and oxygen atoms in total. The molecule has 0 aliphatic heterocycles. The van der Waals surface area contributed by atoms with Crippen LogP contribution in [0.3, 0.4) is 0 Å². The summed E-state index contributed by atoms with van der Waals surface area (Å²) < 4.78 is 1.30. The van der Waals surface area contributed by atoms with Crippen LogP contribution >= 0.6 is 0 Å². The largest absolute Gasteiger partial charge is 1.00 e. The summed E-state index contributed by atoms with van der Waals surface area (Å²) in [6.07, 6.45) is 1.20. The summed E-state index contributed by atoms with van der Waals surface area (Å²) in [5, 5.41) is 14.5. The summed E-state index contributed by atoms with van der Waals surface area (Å²) in [6.45, 7) is 0.379. The van der Waals surface area contributed by atoms with Gasteiger partial charge < -0.3 is 9.90 Å². The second-order valence-electron chi connectivity index (χ2n) is 3.01. The van der Waals surface area contributed by atoms with Crippen LogP contribution in [0.15, 0.2) is 36.7 Å². The van der Waals surface area contributed by atoms with Crippen LogP contribution in [0.1, 0.15) is 16.2 Å². The fourth-order valence-electron chi connectivity index (χ4n) is 1.29. The Morgan fingerprint density at radius 3 is 2.62 bits per heavy atom. The van der Waals surface area contributed by atoms with Gasteiger partial charge in [0.1, 0.15) is 12.3 Å². The molecule has 1 aromatic carbocycles. The molecule has 76 valence electrons. The summed E-state index contributed by atoms with van der Waals surface area (Å²) in [6, 6.07) is 9.43. The van der Waals surface area contributed by atoms with E-state index in [1.165, 1.54) is 11.0 Å². The van der Waals surface area contributed by atoms with Gasteiger partial charge in [-0.3, -0.25) is 0 Å². The predicted octanol–water partition coefficient (Wildman–Crippen LogP) is -3.31. The van der Waals surface area contributed by atoms with E-state index in [9.17, 15) is 9.90 Å². The Balaban J connectivity index is 0.00000128. The Morgan fingerprint density at radius 1 is 1.31 bits per heavy atom. The molecule has 0 unspecified atom stereocenters. The fraction of sp³-hybridized carbons (Fsp3) is 0.100. The van der Waals surface area contributed by atoms with Gasteiger partial charge in [0, 0.05) is 0 Å². The summed E-state index contributed by atoms with van der Waals surface area (Å²) in [5.74, 6) is -1.47. The summed E-state index contributed by atoms with van der Waals surface area (Å²) >= 11 is 0. The van der Waals surface area contributed by atoms with Crippen LogP contribution in [0.5, 0.6) is 0 Å². The van der Waals surface area contributed by atoms with E-state index >= 15 is 0 Å². The number of aromatic nitrogens is 3. The number of carboxylic acid groups (broad SMARTS) is 1. The van der Waals surface area contributed by atoms with Crippen LogP contribution in [0, 0.1) is 0 Å². The molecule has 0 N–H and O–H groups in total. The van der Waals surface area contributed by atoms with Crippen molar-refractivity contribution in [2.75, 3.05) is 0 Å². The number of nitrogens with zero attached hydrogens (tertiary/aromatic N) is 3. The molecule has 0 aliphatic rings. The first-order chi connectivity index (χ1) is 7.27. The van der Waals surface area contributed by atoms with Gasteiger partial charge in [-0.25, -0.2) is 9.67 Å². The summed E-state index contributed by atoms with van der Waals surface area (Å²) in [4.78, 5) is 14.2. The third-order valence-electron chi connectivity index (χ3n) is 1.97. The number of hydrogen-bond donors (Lipinski definition) is 0. The molecule has 16 heavy (non-hydrogen) atoms. The molecule has 2 aromatic rings. The van der Waals surface area contributed by atoms with Gasteiger partial charge in [0.25, 0.3) is 0 Å². The van der Waals surface area contributed by atoms with Crippen molar-refractivity contribution in [2.24, 2.45) is 0 Å². The molecule has 0 spiro atoms.